The molecule has 0 amide bonds. The van der Waals surface area contributed by atoms with Crippen LogP contribution in [-0.4, -0.2) is 0 Å². The molecule has 3 aromatic rings. The summed E-state index contributed by atoms with van der Waals surface area (Å²) in [6.45, 7) is 11.5. The van der Waals surface area contributed by atoms with E-state index < -0.39 is 0 Å². The topological polar surface area (TPSA) is 0 Å². The predicted octanol–water partition coefficient (Wildman–Crippen LogP) is 6.41. The molecule has 0 aliphatic heterocycles. The molecule has 21 heavy (non-hydrogen) atoms. The minimum Gasteiger partial charge on any atom is -0.0613 e. The average Bonchev–Trinajstić information content (AvgIpc) is 2.44. The van der Waals surface area contributed by atoms with E-state index in [1.54, 1.807) is 0 Å². The zero-order valence-corrected chi connectivity index (χ0v) is 13.7. The lowest BCUT2D eigenvalue weighted by Crippen LogP contribution is -2.12. The maximum absolute atomic E-state index is 2.30. The second-order valence-corrected chi connectivity index (χ2v) is 7.32. The van der Waals surface area contributed by atoms with Crippen LogP contribution in [0.15, 0.2) is 48.5 Å². The molecule has 108 valence electrons. The van der Waals surface area contributed by atoms with Gasteiger partial charge in [-0.05, 0) is 44.0 Å². The Morgan fingerprint density at radius 3 is 1.86 bits per heavy atom. The van der Waals surface area contributed by atoms with Crippen LogP contribution >= 0.6 is 0 Å². The Balaban J connectivity index is 2.58. The van der Waals surface area contributed by atoms with Crippen molar-refractivity contribution in [3.8, 4) is 0 Å². The standard InChI is InChI=1S/C21H24/c1-14(2)17-10-6-8-15-12-13-16-9-7-11-18(21(3,4)5)20(16)19(15)17/h6-14H,1-5H3. The molecule has 0 nitrogen and oxygen atoms in total. The van der Waals surface area contributed by atoms with Crippen LogP contribution < -0.4 is 0 Å². The molecular formula is C21H24. The van der Waals surface area contributed by atoms with Crippen LogP contribution in [-0.2, 0) is 5.41 Å². The molecule has 0 spiro atoms. The smallest absolute Gasteiger partial charge is 0.00651 e. The predicted molar refractivity (Wildman–Crippen MR) is 94.2 cm³/mol. The van der Waals surface area contributed by atoms with Gasteiger partial charge in [0.15, 0.2) is 0 Å². The molecule has 0 bridgehead atoms. The molecule has 0 aliphatic carbocycles. The summed E-state index contributed by atoms with van der Waals surface area (Å²) in [7, 11) is 0. The van der Waals surface area contributed by atoms with Gasteiger partial charge in [-0.1, -0.05) is 83.1 Å². The SMILES string of the molecule is CC(C)c1cccc2ccc3cccc(C(C)(C)C)c3c12. The number of hydrogen-bond acceptors (Lipinski definition) is 0. The van der Waals surface area contributed by atoms with Gasteiger partial charge < -0.3 is 0 Å². The zero-order valence-electron chi connectivity index (χ0n) is 13.7. The second-order valence-electron chi connectivity index (χ2n) is 7.32. The minimum absolute atomic E-state index is 0.151. The van der Waals surface area contributed by atoms with Gasteiger partial charge in [0, 0.05) is 0 Å². The van der Waals surface area contributed by atoms with E-state index in [-0.39, 0.29) is 5.41 Å². The molecule has 0 fully saturated rings. The number of benzene rings is 3. The molecular weight excluding hydrogens is 252 g/mol. The van der Waals surface area contributed by atoms with Crippen molar-refractivity contribution in [3.63, 3.8) is 0 Å². The Kier molecular flexibility index (Phi) is 3.28. The van der Waals surface area contributed by atoms with Crippen molar-refractivity contribution in [2.75, 3.05) is 0 Å². The fourth-order valence-electron chi connectivity index (χ4n) is 3.29. The molecule has 0 unspecified atom stereocenters. The van der Waals surface area contributed by atoms with Crippen LogP contribution in [0.25, 0.3) is 21.5 Å². The van der Waals surface area contributed by atoms with Crippen LogP contribution in [0.5, 0.6) is 0 Å². The molecule has 0 atom stereocenters. The monoisotopic (exact) mass is 276 g/mol. The van der Waals surface area contributed by atoms with Crippen LogP contribution in [0.1, 0.15) is 51.7 Å². The van der Waals surface area contributed by atoms with Gasteiger partial charge in [0.2, 0.25) is 0 Å². The molecule has 3 aromatic carbocycles. The minimum atomic E-state index is 0.151. The third-order valence-electron chi connectivity index (χ3n) is 4.35. The third kappa shape index (κ3) is 2.33. The normalized spacial score (nSPS) is 12.5. The van der Waals surface area contributed by atoms with Crippen LogP contribution in [0.3, 0.4) is 0 Å². The van der Waals surface area contributed by atoms with E-state index in [1.807, 2.05) is 0 Å². The van der Waals surface area contributed by atoms with E-state index in [0.29, 0.717) is 5.92 Å². The van der Waals surface area contributed by atoms with Crippen LogP contribution in [0.4, 0.5) is 0 Å². The van der Waals surface area contributed by atoms with Gasteiger partial charge in [-0.3, -0.25) is 0 Å². The first-order valence-electron chi connectivity index (χ1n) is 7.84. The van der Waals surface area contributed by atoms with Crippen molar-refractivity contribution in [2.24, 2.45) is 0 Å². The van der Waals surface area contributed by atoms with Gasteiger partial charge in [-0.15, -0.1) is 0 Å². The van der Waals surface area contributed by atoms with Crippen LogP contribution in [0, 0.1) is 0 Å². The number of hydrogen-bond donors (Lipinski definition) is 0. The fraction of sp³-hybridized carbons (Fsp3) is 0.333. The summed E-state index contributed by atoms with van der Waals surface area (Å²) in [5.74, 6) is 0.535. The molecule has 0 aliphatic rings. The molecule has 0 saturated heterocycles. The molecule has 0 heteroatoms. The highest BCUT2D eigenvalue weighted by Crippen LogP contribution is 2.38. The molecule has 0 saturated carbocycles. The lowest BCUT2D eigenvalue weighted by atomic mass is 9.81. The van der Waals surface area contributed by atoms with Crippen molar-refractivity contribution < 1.29 is 0 Å². The molecule has 0 radical (unpaired) electrons. The first-order chi connectivity index (χ1) is 9.89. The largest absolute Gasteiger partial charge is 0.0613 e. The lowest BCUT2D eigenvalue weighted by molar-refractivity contribution is 0.596. The third-order valence-corrected chi connectivity index (χ3v) is 4.35. The summed E-state index contributed by atoms with van der Waals surface area (Å²) in [5.41, 5.74) is 3.05. The lowest BCUT2D eigenvalue weighted by Gasteiger charge is -2.23. The Hall–Kier alpha value is -1.82. The van der Waals surface area contributed by atoms with Gasteiger partial charge in [0.1, 0.15) is 0 Å². The molecule has 0 N–H and O–H groups in total. The Morgan fingerprint density at radius 1 is 0.714 bits per heavy atom. The van der Waals surface area contributed by atoms with Gasteiger partial charge in [-0.25, -0.2) is 0 Å². The van der Waals surface area contributed by atoms with Crippen molar-refractivity contribution in [3.05, 3.63) is 59.7 Å². The van der Waals surface area contributed by atoms with E-state index in [9.17, 15) is 0 Å². The van der Waals surface area contributed by atoms with Gasteiger partial charge in [0.25, 0.3) is 0 Å². The highest BCUT2D eigenvalue weighted by molar-refractivity contribution is 6.11. The summed E-state index contributed by atoms with van der Waals surface area (Å²) in [4.78, 5) is 0. The second kappa shape index (κ2) is 4.87. The molecule has 3 rings (SSSR count). The maximum Gasteiger partial charge on any atom is -0.00651 e. The zero-order chi connectivity index (χ0) is 15.2. The van der Waals surface area contributed by atoms with Crippen molar-refractivity contribution in [2.45, 2.75) is 46.0 Å². The van der Waals surface area contributed by atoms with Gasteiger partial charge in [-0.2, -0.15) is 0 Å². The van der Waals surface area contributed by atoms with Gasteiger partial charge >= 0.3 is 0 Å². The first-order valence-corrected chi connectivity index (χ1v) is 7.84. The summed E-state index contributed by atoms with van der Waals surface area (Å²) >= 11 is 0. The highest BCUT2D eigenvalue weighted by atomic mass is 14.2. The number of fused-ring (bicyclic) bond motifs is 3. The van der Waals surface area contributed by atoms with Gasteiger partial charge in [0.05, 0.1) is 0 Å². The maximum atomic E-state index is 2.30. The summed E-state index contributed by atoms with van der Waals surface area (Å²) < 4.78 is 0. The van der Waals surface area contributed by atoms with E-state index in [1.165, 1.54) is 32.7 Å². The molecule has 0 aromatic heterocycles. The van der Waals surface area contributed by atoms with Crippen molar-refractivity contribution >= 4 is 21.5 Å². The quantitative estimate of drug-likeness (QED) is 0.450. The molecule has 0 heterocycles. The number of rotatable bonds is 1. The summed E-state index contributed by atoms with van der Waals surface area (Å²) in [5, 5.41) is 5.58. The van der Waals surface area contributed by atoms with Crippen molar-refractivity contribution in [1.82, 2.24) is 0 Å². The Morgan fingerprint density at radius 2 is 1.29 bits per heavy atom. The van der Waals surface area contributed by atoms with E-state index in [0.717, 1.165) is 0 Å². The Bertz CT molecular complexity index is 801. The van der Waals surface area contributed by atoms with Crippen molar-refractivity contribution in [1.29, 1.82) is 0 Å². The fourth-order valence-corrected chi connectivity index (χ4v) is 3.29. The first kappa shape index (κ1) is 14.1. The van der Waals surface area contributed by atoms with E-state index in [2.05, 4.69) is 83.1 Å². The van der Waals surface area contributed by atoms with E-state index in [4.69, 9.17) is 0 Å². The van der Waals surface area contributed by atoms with Crippen LogP contribution in [0.2, 0.25) is 0 Å². The average molecular weight is 276 g/mol. The summed E-state index contributed by atoms with van der Waals surface area (Å²) in [6.07, 6.45) is 0. The Labute approximate surface area is 127 Å². The van der Waals surface area contributed by atoms with E-state index >= 15 is 0 Å². The summed E-state index contributed by atoms with van der Waals surface area (Å²) in [6, 6.07) is 17.9. The highest BCUT2D eigenvalue weighted by Gasteiger charge is 2.19.